The van der Waals surface area contributed by atoms with Gasteiger partial charge in [0.05, 0.1) is 0 Å². The number of benzene rings is 2. The maximum absolute atomic E-state index is 13.0. The third kappa shape index (κ3) is 6.91. The standard InChI is InChI=1S/C27H35N3O3/c1-18(2)22-11-7-21(8-12-22)17-25(28-20(4)31)26(32)29-24-13-15-30(16-14-24)27(33)23-9-5-19(3)6-10-23/h5-12,18,24-25H,13-17H2,1-4H3,(H,28,31)(H,29,32)/t25-/m0/s1. The van der Waals surface area contributed by atoms with Crippen molar-refractivity contribution < 1.29 is 14.4 Å². The molecule has 1 saturated heterocycles. The maximum Gasteiger partial charge on any atom is 0.253 e. The predicted molar refractivity (Wildman–Crippen MR) is 130 cm³/mol. The average Bonchev–Trinajstić information content (AvgIpc) is 2.79. The average molecular weight is 450 g/mol. The number of hydrogen-bond acceptors (Lipinski definition) is 3. The van der Waals surface area contributed by atoms with Crippen molar-refractivity contribution in [2.45, 2.75) is 65.0 Å². The van der Waals surface area contributed by atoms with E-state index in [4.69, 9.17) is 0 Å². The summed E-state index contributed by atoms with van der Waals surface area (Å²) in [7, 11) is 0. The molecule has 1 aliphatic heterocycles. The van der Waals surface area contributed by atoms with E-state index in [1.807, 2.05) is 48.2 Å². The van der Waals surface area contributed by atoms with Gasteiger partial charge in [-0.25, -0.2) is 0 Å². The van der Waals surface area contributed by atoms with Crippen LogP contribution in [0.5, 0.6) is 0 Å². The van der Waals surface area contributed by atoms with Crippen molar-refractivity contribution in [3.63, 3.8) is 0 Å². The fraction of sp³-hybridized carbons (Fsp3) is 0.444. The molecule has 0 bridgehead atoms. The summed E-state index contributed by atoms with van der Waals surface area (Å²) in [6.07, 6.45) is 1.83. The van der Waals surface area contributed by atoms with Gasteiger partial charge in [-0.05, 0) is 48.9 Å². The van der Waals surface area contributed by atoms with Crippen molar-refractivity contribution in [1.82, 2.24) is 15.5 Å². The molecule has 0 unspecified atom stereocenters. The molecule has 6 nitrogen and oxygen atoms in total. The zero-order valence-corrected chi connectivity index (χ0v) is 20.1. The number of aryl methyl sites for hydroxylation is 1. The Morgan fingerprint density at radius 1 is 0.970 bits per heavy atom. The van der Waals surface area contributed by atoms with Crippen LogP contribution in [0, 0.1) is 6.92 Å². The van der Waals surface area contributed by atoms with Crippen LogP contribution in [-0.4, -0.2) is 47.8 Å². The van der Waals surface area contributed by atoms with Gasteiger partial charge in [0.25, 0.3) is 5.91 Å². The molecule has 0 spiro atoms. The summed E-state index contributed by atoms with van der Waals surface area (Å²) in [6.45, 7) is 8.90. The summed E-state index contributed by atoms with van der Waals surface area (Å²) in [5.74, 6) is 0.0619. The van der Waals surface area contributed by atoms with E-state index in [1.165, 1.54) is 12.5 Å². The lowest BCUT2D eigenvalue weighted by molar-refractivity contribution is -0.128. The van der Waals surface area contributed by atoms with E-state index >= 15 is 0 Å². The van der Waals surface area contributed by atoms with E-state index in [2.05, 4.69) is 36.6 Å². The molecule has 2 N–H and O–H groups in total. The van der Waals surface area contributed by atoms with Gasteiger partial charge >= 0.3 is 0 Å². The highest BCUT2D eigenvalue weighted by Gasteiger charge is 2.27. The van der Waals surface area contributed by atoms with Gasteiger partial charge in [-0.2, -0.15) is 0 Å². The fourth-order valence-corrected chi connectivity index (χ4v) is 4.14. The maximum atomic E-state index is 13.0. The van der Waals surface area contributed by atoms with Gasteiger partial charge in [0.1, 0.15) is 6.04 Å². The number of nitrogens with zero attached hydrogens (tertiary/aromatic N) is 1. The zero-order valence-electron chi connectivity index (χ0n) is 20.1. The third-order valence-corrected chi connectivity index (χ3v) is 6.21. The highest BCUT2D eigenvalue weighted by molar-refractivity contribution is 5.94. The van der Waals surface area contributed by atoms with Crippen LogP contribution in [0.25, 0.3) is 0 Å². The molecule has 0 aromatic heterocycles. The minimum Gasteiger partial charge on any atom is -0.351 e. The van der Waals surface area contributed by atoms with Gasteiger partial charge in [-0.15, -0.1) is 0 Å². The quantitative estimate of drug-likeness (QED) is 0.678. The Hall–Kier alpha value is -3.15. The molecule has 2 aromatic rings. The Morgan fingerprint density at radius 2 is 1.58 bits per heavy atom. The van der Waals surface area contributed by atoms with Crippen LogP contribution in [0.3, 0.4) is 0 Å². The molecule has 1 fully saturated rings. The molecular formula is C27H35N3O3. The molecular weight excluding hydrogens is 414 g/mol. The molecule has 1 heterocycles. The molecule has 2 aromatic carbocycles. The SMILES string of the molecule is CC(=O)N[C@@H](Cc1ccc(C(C)C)cc1)C(=O)NC1CCN(C(=O)c2ccc(C)cc2)CC1. The highest BCUT2D eigenvalue weighted by atomic mass is 16.2. The molecule has 3 rings (SSSR count). The van der Waals surface area contributed by atoms with Crippen molar-refractivity contribution in [3.8, 4) is 0 Å². The second-order valence-electron chi connectivity index (χ2n) is 9.29. The molecule has 1 atom stereocenters. The van der Waals surface area contributed by atoms with E-state index in [0.29, 0.717) is 43.8 Å². The number of rotatable bonds is 7. The smallest absolute Gasteiger partial charge is 0.253 e. The van der Waals surface area contributed by atoms with Crippen LogP contribution in [0.15, 0.2) is 48.5 Å². The summed E-state index contributed by atoms with van der Waals surface area (Å²) < 4.78 is 0. The van der Waals surface area contributed by atoms with Gasteiger partial charge in [-0.3, -0.25) is 14.4 Å². The Kier molecular flexibility index (Phi) is 8.26. The van der Waals surface area contributed by atoms with E-state index < -0.39 is 6.04 Å². The largest absolute Gasteiger partial charge is 0.351 e. The molecule has 6 heteroatoms. The molecule has 0 radical (unpaired) electrons. The van der Waals surface area contributed by atoms with Gasteiger partial charge in [-0.1, -0.05) is 55.8 Å². The first kappa shape index (κ1) is 24.5. The summed E-state index contributed by atoms with van der Waals surface area (Å²) >= 11 is 0. The third-order valence-electron chi connectivity index (χ3n) is 6.21. The van der Waals surface area contributed by atoms with E-state index in [9.17, 15) is 14.4 Å². The molecule has 0 saturated carbocycles. The lowest BCUT2D eigenvalue weighted by Gasteiger charge is -2.33. The second kappa shape index (κ2) is 11.1. The number of carbonyl (C=O) groups excluding carboxylic acids is 3. The van der Waals surface area contributed by atoms with Crippen molar-refractivity contribution in [2.24, 2.45) is 0 Å². The minimum absolute atomic E-state index is 0.0147. The second-order valence-corrected chi connectivity index (χ2v) is 9.29. The topological polar surface area (TPSA) is 78.5 Å². The minimum atomic E-state index is -0.625. The highest BCUT2D eigenvalue weighted by Crippen LogP contribution is 2.17. The van der Waals surface area contributed by atoms with Crippen molar-refractivity contribution in [2.75, 3.05) is 13.1 Å². The Bertz CT molecular complexity index is 959. The lowest BCUT2D eigenvalue weighted by atomic mass is 9.98. The Balaban J connectivity index is 1.55. The van der Waals surface area contributed by atoms with Crippen LogP contribution < -0.4 is 10.6 Å². The van der Waals surface area contributed by atoms with E-state index in [-0.39, 0.29) is 23.8 Å². The predicted octanol–water partition coefficient (Wildman–Crippen LogP) is 3.59. The van der Waals surface area contributed by atoms with Crippen molar-refractivity contribution >= 4 is 17.7 Å². The Morgan fingerprint density at radius 3 is 2.12 bits per heavy atom. The summed E-state index contributed by atoms with van der Waals surface area (Å²) in [6, 6.07) is 15.1. The number of nitrogens with one attached hydrogen (secondary N) is 2. The van der Waals surface area contributed by atoms with Crippen molar-refractivity contribution in [1.29, 1.82) is 0 Å². The van der Waals surface area contributed by atoms with Gasteiger partial charge < -0.3 is 15.5 Å². The number of carbonyl (C=O) groups is 3. The Labute approximate surface area is 196 Å². The normalized spacial score (nSPS) is 15.2. The molecule has 1 aliphatic rings. The van der Waals surface area contributed by atoms with Gasteiger partial charge in [0, 0.05) is 38.0 Å². The van der Waals surface area contributed by atoms with Crippen LogP contribution >= 0.6 is 0 Å². The first-order valence-corrected chi connectivity index (χ1v) is 11.7. The van der Waals surface area contributed by atoms with E-state index in [1.54, 1.807) is 0 Å². The van der Waals surface area contributed by atoms with Gasteiger partial charge in [0.15, 0.2) is 0 Å². The number of hydrogen-bond donors (Lipinski definition) is 2. The van der Waals surface area contributed by atoms with Crippen LogP contribution in [0.1, 0.15) is 66.6 Å². The monoisotopic (exact) mass is 449 g/mol. The van der Waals surface area contributed by atoms with Gasteiger partial charge in [0.2, 0.25) is 11.8 Å². The molecule has 0 aliphatic carbocycles. The fourth-order valence-electron chi connectivity index (χ4n) is 4.14. The number of piperidine rings is 1. The molecule has 3 amide bonds. The first-order valence-electron chi connectivity index (χ1n) is 11.7. The molecule has 33 heavy (non-hydrogen) atoms. The van der Waals surface area contributed by atoms with Crippen LogP contribution in [0.2, 0.25) is 0 Å². The summed E-state index contributed by atoms with van der Waals surface area (Å²) in [4.78, 5) is 39.3. The number of amides is 3. The molecule has 176 valence electrons. The number of likely N-dealkylation sites (tertiary alicyclic amines) is 1. The van der Waals surface area contributed by atoms with Crippen molar-refractivity contribution in [3.05, 3.63) is 70.8 Å². The summed E-state index contributed by atoms with van der Waals surface area (Å²) in [5.41, 5.74) is 4.06. The van der Waals surface area contributed by atoms with Crippen LogP contribution in [0.4, 0.5) is 0 Å². The first-order chi connectivity index (χ1) is 15.7. The summed E-state index contributed by atoms with van der Waals surface area (Å²) in [5, 5.41) is 5.88. The zero-order chi connectivity index (χ0) is 24.0. The van der Waals surface area contributed by atoms with Crippen LogP contribution in [-0.2, 0) is 16.0 Å². The van der Waals surface area contributed by atoms with E-state index in [0.717, 1.165) is 11.1 Å². The lowest BCUT2D eigenvalue weighted by Crippen LogP contribution is -2.53.